The zero-order valence-corrected chi connectivity index (χ0v) is 13.0. The summed E-state index contributed by atoms with van der Waals surface area (Å²) in [5.74, 6) is 1.33. The first-order valence-corrected chi connectivity index (χ1v) is 7.99. The highest BCUT2D eigenvalue weighted by molar-refractivity contribution is 6.01. The Morgan fingerprint density at radius 3 is 2.91 bits per heavy atom. The minimum absolute atomic E-state index is 0.0760. The van der Waals surface area contributed by atoms with Crippen molar-refractivity contribution in [2.75, 3.05) is 12.4 Å². The van der Waals surface area contributed by atoms with Crippen molar-refractivity contribution in [3.63, 3.8) is 0 Å². The Hall–Kier alpha value is -2.10. The monoisotopic (exact) mass is 298 g/mol. The van der Waals surface area contributed by atoms with E-state index in [1.54, 1.807) is 13.3 Å². The average Bonchev–Trinajstić information content (AvgIpc) is 2.55. The number of carbonyl (C=O) groups excluding carboxylic acids is 1. The second kappa shape index (κ2) is 6.77. The van der Waals surface area contributed by atoms with Crippen LogP contribution in [0.25, 0.3) is 10.9 Å². The maximum Gasteiger partial charge on any atom is 0.224 e. The van der Waals surface area contributed by atoms with Crippen LogP contribution < -0.4 is 10.1 Å². The van der Waals surface area contributed by atoms with Crippen LogP contribution in [0.15, 0.2) is 30.5 Å². The molecule has 0 radical (unpaired) electrons. The smallest absolute Gasteiger partial charge is 0.224 e. The van der Waals surface area contributed by atoms with Gasteiger partial charge in [0.05, 0.1) is 18.3 Å². The molecule has 1 aromatic carbocycles. The van der Waals surface area contributed by atoms with Gasteiger partial charge in [0.15, 0.2) is 0 Å². The molecule has 2 aromatic rings. The number of hydrogen-bond donors (Lipinski definition) is 1. The van der Waals surface area contributed by atoms with Gasteiger partial charge in [0.25, 0.3) is 0 Å². The van der Waals surface area contributed by atoms with E-state index in [-0.39, 0.29) is 5.91 Å². The van der Waals surface area contributed by atoms with Crippen LogP contribution in [0.5, 0.6) is 5.75 Å². The highest BCUT2D eigenvalue weighted by atomic mass is 16.5. The second-order valence-electron chi connectivity index (χ2n) is 6.01. The van der Waals surface area contributed by atoms with Gasteiger partial charge in [-0.25, -0.2) is 0 Å². The number of pyridine rings is 1. The van der Waals surface area contributed by atoms with Crippen molar-refractivity contribution in [3.8, 4) is 5.75 Å². The Morgan fingerprint density at radius 1 is 1.32 bits per heavy atom. The van der Waals surface area contributed by atoms with Crippen LogP contribution >= 0.6 is 0 Å². The molecule has 1 saturated carbocycles. The van der Waals surface area contributed by atoms with E-state index in [2.05, 4.69) is 10.3 Å². The van der Waals surface area contributed by atoms with E-state index in [0.717, 1.165) is 22.3 Å². The van der Waals surface area contributed by atoms with Gasteiger partial charge in [0, 0.05) is 24.1 Å². The van der Waals surface area contributed by atoms with Crippen LogP contribution in [0.1, 0.15) is 38.5 Å². The highest BCUT2D eigenvalue weighted by Crippen LogP contribution is 2.29. The first-order valence-electron chi connectivity index (χ1n) is 7.99. The summed E-state index contributed by atoms with van der Waals surface area (Å²) < 4.78 is 5.32. The normalized spacial score (nSPS) is 15.7. The first kappa shape index (κ1) is 14.8. The molecule has 22 heavy (non-hydrogen) atoms. The van der Waals surface area contributed by atoms with Crippen molar-refractivity contribution in [2.24, 2.45) is 5.92 Å². The predicted octanol–water partition coefficient (Wildman–Crippen LogP) is 4.15. The van der Waals surface area contributed by atoms with Crippen LogP contribution in [0, 0.1) is 5.92 Å². The molecule has 4 nitrogen and oxygen atoms in total. The third-order valence-corrected chi connectivity index (χ3v) is 4.39. The number of amides is 1. The molecule has 0 bridgehead atoms. The fourth-order valence-corrected chi connectivity index (χ4v) is 3.23. The van der Waals surface area contributed by atoms with Gasteiger partial charge in [-0.05, 0) is 30.9 Å². The molecule has 0 atom stereocenters. The Bertz CT molecular complexity index is 663. The number of ether oxygens (including phenoxy) is 1. The summed E-state index contributed by atoms with van der Waals surface area (Å²) in [5, 5.41) is 3.99. The van der Waals surface area contributed by atoms with Crippen LogP contribution in [0.2, 0.25) is 0 Å². The van der Waals surface area contributed by atoms with Crippen LogP contribution in [0.3, 0.4) is 0 Å². The van der Waals surface area contributed by atoms with Gasteiger partial charge in [0.2, 0.25) is 5.91 Å². The number of anilines is 1. The molecular formula is C18H22N2O2. The van der Waals surface area contributed by atoms with E-state index < -0.39 is 0 Å². The number of fused-ring (bicyclic) bond motifs is 1. The number of aromatic nitrogens is 1. The Morgan fingerprint density at radius 2 is 2.14 bits per heavy atom. The Labute approximate surface area is 130 Å². The van der Waals surface area contributed by atoms with E-state index in [9.17, 15) is 4.79 Å². The highest BCUT2D eigenvalue weighted by Gasteiger charge is 2.18. The quantitative estimate of drug-likeness (QED) is 0.922. The van der Waals surface area contributed by atoms with Gasteiger partial charge < -0.3 is 10.1 Å². The molecule has 1 aliphatic carbocycles. The molecule has 4 heteroatoms. The number of rotatable bonds is 4. The van der Waals surface area contributed by atoms with Crippen LogP contribution in [-0.2, 0) is 4.79 Å². The molecule has 1 heterocycles. The third-order valence-electron chi connectivity index (χ3n) is 4.39. The first-order chi connectivity index (χ1) is 10.8. The molecule has 1 aromatic heterocycles. The zero-order chi connectivity index (χ0) is 15.4. The molecule has 116 valence electrons. The number of hydrogen-bond acceptors (Lipinski definition) is 3. The molecule has 0 aliphatic heterocycles. The van der Waals surface area contributed by atoms with E-state index in [0.29, 0.717) is 12.3 Å². The molecule has 1 aliphatic rings. The SMILES string of the molecule is COc1cc(NC(=O)CC2CCCCC2)c2ncccc2c1. The summed E-state index contributed by atoms with van der Waals surface area (Å²) in [4.78, 5) is 16.7. The number of benzene rings is 1. The Balaban J connectivity index is 1.78. The number of nitrogens with one attached hydrogen (secondary N) is 1. The molecule has 3 rings (SSSR count). The maximum absolute atomic E-state index is 12.3. The van der Waals surface area contributed by atoms with E-state index in [4.69, 9.17) is 4.74 Å². The van der Waals surface area contributed by atoms with Gasteiger partial charge in [0.1, 0.15) is 5.75 Å². The average molecular weight is 298 g/mol. The third kappa shape index (κ3) is 3.38. The number of methoxy groups -OCH3 is 1. The van der Waals surface area contributed by atoms with Gasteiger partial charge in [-0.2, -0.15) is 0 Å². The van der Waals surface area contributed by atoms with Crippen molar-refractivity contribution in [1.82, 2.24) is 4.98 Å². The maximum atomic E-state index is 12.3. The standard InChI is InChI=1S/C18H22N2O2/c1-22-15-11-14-8-5-9-19-18(14)16(12-15)20-17(21)10-13-6-3-2-4-7-13/h5,8-9,11-13H,2-4,6-7,10H2,1H3,(H,20,21). The van der Waals surface area contributed by atoms with Crippen molar-refractivity contribution in [2.45, 2.75) is 38.5 Å². The van der Waals surface area contributed by atoms with Crippen molar-refractivity contribution in [1.29, 1.82) is 0 Å². The Kier molecular flexibility index (Phi) is 4.56. The summed E-state index contributed by atoms with van der Waals surface area (Å²) in [6.07, 6.45) is 8.50. The van der Waals surface area contributed by atoms with E-state index in [1.165, 1.54) is 32.1 Å². The topological polar surface area (TPSA) is 51.2 Å². The molecule has 0 saturated heterocycles. The largest absolute Gasteiger partial charge is 0.497 e. The zero-order valence-electron chi connectivity index (χ0n) is 13.0. The molecule has 0 spiro atoms. The summed E-state index contributed by atoms with van der Waals surface area (Å²) in [5.41, 5.74) is 1.54. The predicted molar refractivity (Wildman–Crippen MR) is 88.1 cm³/mol. The minimum atomic E-state index is 0.0760. The molecule has 1 N–H and O–H groups in total. The summed E-state index contributed by atoms with van der Waals surface area (Å²) in [6.45, 7) is 0. The lowest BCUT2D eigenvalue weighted by atomic mass is 9.87. The lowest BCUT2D eigenvalue weighted by Crippen LogP contribution is -2.18. The minimum Gasteiger partial charge on any atom is -0.497 e. The number of nitrogens with zero attached hydrogens (tertiary/aromatic N) is 1. The molecular weight excluding hydrogens is 276 g/mol. The summed E-state index contributed by atoms with van der Waals surface area (Å²) in [6, 6.07) is 7.63. The van der Waals surface area contributed by atoms with E-state index >= 15 is 0 Å². The van der Waals surface area contributed by atoms with Gasteiger partial charge in [-0.3, -0.25) is 9.78 Å². The fraction of sp³-hybridized carbons (Fsp3) is 0.444. The van der Waals surface area contributed by atoms with Gasteiger partial charge >= 0.3 is 0 Å². The molecule has 1 fully saturated rings. The summed E-state index contributed by atoms with van der Waals surface area (Å²) in [7, 11) is 1.63. The lowest BCUT2D eigenvalue weighted by molar-refractivity contribution is -0.117. The fourth-order valence-electron chi connectivity index (χ4n) is 3.23. The van der Waals surface area contributed by atoms with Crippen molar-refractivity contribution >= 4 is 22.5 Å². The van der Waals surface area contributed by atoms with Gasteiger partial charge in [-0.1, -0.05) is 25.3 Å². The number of carbonyl (C=O) groups is 1. The lowest BCUT2D eigenvalue weighted by Gasteiger charge is -2.21. The molecule has 0 unspecified atom stereocenters. The second-order valence-corrected chi connectivity index (χ2v) is 6.01. The van der Waals surface area contributed by atoms with E-state index in [1.807, 2.05) is 24.3 Å². The van der Waals surface area contributed by atoms with Crippen LogP contribution in [0.4, 0.5) is 5.69 Å². The van der Waals surface area contributed by atoms with Crippen molar-refractivity contribution < 1.29 is 9.53 Å². The van der Waals surface area contributed by atoms with Crippen molar-refractivity contribution in [3.05, 3.63) is 30.5 Å². The summed E-state index contributed by atoms with van der Waals surface area (Å²) >= 11 is 0. The molecule has 1 amide bonds. The van der Waals surface area contributed by atoms with Crippen LogP contribution in [-0.4, -0.2) is 18.0 Å². The van der Waals surface area contributed by atoms with Gasteiger partial charge in [-0.15, -0.1) is 0 Å².